The molecule has 1 aromatic rings. The number of amides is 1. The van der Waals surface area contributed by atoms with E-state index in [0.717, 1.165) is 12.2 Å². The second-order valence-electron chi connectivity index (χ2n) is 4.43. The van der Waals surface area contributed by atoms with E-state index in [-0.39, 0.29) is 5.91 Å². The molecule has 0 saturated heterocycles. The van der Waals surface area contributed by atoms with Crippen LogP contribution in [0.25, 0.3) is 0 Å². The summed E-state index contributed by atoms with van der Waals surface area (Å²) in [5.41, 5.74) is 2.09. The molecule has 1 aliphatic rings. The lowest BCUT2D eigenvalue weighted by atomic mass is 10.2. The Kier molecular flexibility index (Phi) is 3.57. The smallest absolute Gasteiger partial charge is 0.224 e. The largest absolute Gasteiger partial charge is 0.326 e. The van der Waals surface area contributed by atoms with Crippen molar-refractivity contribution in [3.8, 4) is 0 Å². The van der Waals surface area contributed by atoms with E-state index in [0.29, 0.717) is 12.3 Å². The summed E-state index contributed by atoms with van der Waals surface area (Å²) in [6.45, 7) is 0.826. The Morgan fingerprint density at radius 1 is 1.44 bits per heavy atom. The van der Waals surface area contributed by atoms with Gasteiger partial charge in [0.25, 0.3) is 0 Å². The highest BCUT2D eigenvalue weighted by Gasteiger charge is 2.24. The molecule has 0 atom stereocenters. The molecule has 1 aliphatic carbocycles. The molecule has 1 amide bonds. The molecule has 0 aromatic heterocycles. The molecule has 1 saturated carbocycles. The molecule has 2 rings (SSSR count). The van der Waals surface area contributed by atoms with Crippen LogP contribution < -0.4 is 10.6 Å². The molecular formula is C13H18N2O. The Morgan fingerprint density at radius 3 is 2.94 bits per heavy atom. The van der Waals surface area contributed by atoms with Crippen LogP contribution in [0.5, 0.6) is 0 Å². The number of benzene rings is 1. The first kappa shape index (κ1) is 11.1. The van der Waals surface area contributed by atoms with Gasteiger partial charge in [-0.3, -0.25) is 4.79 Å². The van der Waals surface area contributed by atoms with Crippen molar-refractivity contribution in [2.24, 2.45) is 5.92 Å². The fraction of sp³-hybridized carbons (Fsp3) is 0.462. The summed E-state index contributed by atoms with van der Waals surface area (Å²) < 4.78 is 0. The number of rotatable bonds is 5. The summed E-state index contributed by atoms with van der Waals surface area (Å²) in [6, 6.07) is 7.97. The molecule has 0 unspecified atom stereocenters. The van der Waals surface area contributed by atoms with Crippen LogP contribution in [0.1, 0.15) is 24.8 Å². The van der Waals surface area contributed by atoms with E-state index in [1.807, 2.05) is 31.3 Å². The van der Waals surface area contributed by atoms with Crippen LogP contribution in [0.2, 0.25) is 0 Å². The molecule has 3 heteroatoms. The first-order chi connectivity index (χ1) is 7.78. The Labute approximate surface area is 96.2 Å². The molecule has 1 aromatic carbocycles. The van der Waals surface area contributed by atoms with Gasteiger partial charge in [-0.2, -0.15) is 0 Å². The van der Waals surface area contributed by atoms with Gasteiger partial charge in [0.15, 0.2) is 0 Å². The van der Waals surface area contributed by atoms with Crippen molar-refractivity contribution in [1.82, 2.24) is 5.32 Å². The average molecular weight is 218 g/mol. The van der Waals surface area contributed by atoms with Crippen LogP contribution in [0.4, 0.5) is 5.69 Å². The fourth-order valence-corrected chi connectivity index (χ4v) is 1.76. The first-order valence-corrected chi connectivity index (χ1v) is 5.81. The molecule has 2 N–H and O–H groups in total. The topological polar surface area (TPSA) is 41.1 Å². The standard InChI is InChI=1S/C13H18N2O/c1-14-9-11-3-2-4-12(7-11)15-13(16)8-10-5-6-10/h2-4,7,10,14H,5-6,8-9H2,1H3,(H,15,16). The minimum Gasteiger partial charge on any atom is -0.326 e. The lowest BCUT2D eigenvalue weighted by Crippen LogP contribution is -2.12. The summed E-state index contributed by atoms with van der Waals surface area (Å²) in [7, 11) is 1.92. The first-order valence-electron chi connectivity index (χ1n) is 5.81. The Bertz CT molecular complexity index is 372. The number of hydrogen-bond donors (Lipinski definition) is 2. The van der Waals surface area contributed by atoms with E-state index >= 15 is 0 Å². The molecule has 86 valence electrons. The summed E-state index contributed by atoms with van der Waals surface area (Å²) >= 11 is 0. The van der Waals surface area contributed by atoms with Crippen molar-refractivity contribution in [1.29, 1.82) is 0 Å². The van der Waals surface area contributed by atoms with Crippen molar-refractivity contribution in [3.05, 3.63) is 29.8 Å². The maximum absolute atomic E-state index is 11.6. The van der Waals surface area contributed by atoms with Gasteiger partial charge in [-0.15, -0.1) is 0 Å². The predicted molar refractivity (Wildman–Crippen MR) is 65.2 cm³/mol. The van der Waals surface area contributed by atoms with Crippen molar-refractivity contribution >= 4 is 11.6 Å². The van der Waals surface area contributed by atoms with Crippen molar-refractivity contribution in [3.63, 3.8) is 0 Å². The molecular weight excluding hydrogens is 200 g/mol. The van der Waals surface area contributed by atoms with Gasteiger partial charge in [0.1, 0.15) is 0 Å². The zero-order valence-corrected chi connectivity index (χ0v) is 9.62. The van der Waals surface area contributed by atoms with Gasteiger partial charge in [0.05, 0.1) is 0 Å². The van der Waals surface area contributed by atoms with Gasteiger partial charge in [0, 0.05) is 18.7 Å². The van der Waals surface area contributed by atoms with Crippen LogP contribution in [0.15, 0.2) is 24.3 Å². The van der Waals surface area contributed by atoms with E-state index in [4.69, 9.17) is 0 Å². The maximum Gasteiger partial charge on any atom is 0.224 e. The summed E-state index contributed by atoms with van der Waals surface area (Å²) in [4.78, 5) is 11.6. The average Bonchev–Trinajstić information content (AvgIpc) is 3.02. The molecule has 0 heterocycles. The third-order valence-corrected chi connectivity index (χ3v) is 2.76. The number of carbonyl (C=O) groups excluding carboxylic acids is 1. The zero-order chi connectivity index (χ0) is 11.4. The fourth-order valence-electron chi connectivity index (χ4n) is 1.76. The van der Waals surface area contributed by atoms with E-state index in [1.54, 1.807) is 0 Å². The van der Waals surface area contributed by atoms with Gasteiger partial charge in [-0.25, -0.2) is 0 Å². The van der Waals surface area contributed by atoms with E-state index in [9.17, 15) is 4.79 Å². The zero-order valence-electron chi connectivity index (χ0n) is 9.62. The van der Waals surface area contributed by atoms with Crippen LogP contribution in [-0.2, 0) is 11.3 Å². The van der Waals surface area contributed by atoms with Crippen molar-refractivity contribution in [2.45, 2.75) is 25.8 Å². The second-order valence-corrected chi connectivity index (χ2v) is 4.43. The lowest BCUT2D eigenvalue weighted by molar-refractivity contribution is -0.116. The molecule has 3 nitrogen and oxygen atoms in total. The third kappa shape index (κ3) is 3.35. The maximum atomic E-state index is 11.6. The van der Waals surface area contributed by atoms with Crippen LogP contribution in [-0.4, -0.2) is 13.0 Å². The minimum absolute atomic E-state index is 0.143. The number of carbonyl (C=O) groups is 1. The summed E-state index contributed by atoms with van der Waals surface area (Å²) in [6.07, 6.45) is 3.11. The molecule has 0 spiro atoms. The second kappa shape index (κ2) is 5.12. The molecule has 16 heavy (non-hydrogen) atoms. The van der Waals surface area contributed by atoms with Gasteiger partial charge in [0.2, 0.25) is 5.91 Å². The highest BCUT2D eigenvalue weighted by atomic mass is 16.1. The quantitative estimate of drug-likeness (QED) is 0.795. The summed E-state index contributed by atoms with van der Waals surface area (Å²) in [5.74, 6) is 0.782. The van der Waals surface area contributed by atoms with E-state index in [2.05, 4.69) is 10.6 Å². The Hall–Kier alpha value is -1.35. The van der Waals surface area contributed by atoms with Gasteiger partial charge < -0.3 is 10.6 Å². The SMILES string of the molecule is CNCc1cccc(NC(=O)CC2CC2)c1. The van der Waals surface area contributed by atoms with Crippen molar-refractivity contribution < 1.29 is 4.79 Å². The molecule has 1 fully saturated rings. The van der Waals surface area contributed by atoms with Gasteiger partial charge in [-0.1, -0.05) is 12.1 Å². The van der Waals surface area contributed by atoms with Gasteiger partial charge in [-0.05, 0) is 43.5 Å². The highest BCUT2D eigenvalue weighted by molar-refractivity contribution is 5.91. The molecule has 0 radical (unpaired) electrons. The number of hydrogen-bond acceptors (Lipinski definition) is 2. The Balaban J connectivity index is 1.91. The Morgan fingerprint density at radius 2 is 2.25 bits per heavy atom. The van der Waals surface area contributed by atoms with Crippen LogP contribution in [0, 0.1) is 5.92 Å². The van der Waals surface area contributed by atoms with Crippen LogP contribution in [0.3, 0.4) is 0 Å². The van der Waals surface area contributed by atoms with Crippen LogP contribution >= 0.6 is 0 Å². The predicted octanol–water partition coefficient (Wildman–Crippen LogP) is 2.14. The van der Waals surface area contributed by atoms with E-state index < -0.39 is 0 Å². The lowest BCUT2D eigenvalue weighted by Gasteiger charge is -2.06. The highest BCUT2D eigenvalue weighted by Crippen LogP contribution is 2.32. The number of nitrogens with one attached hydrogen (secondary N) is 2. The number of anilines is 1. The normalized spacial score (nSPS) is 14.8. The van der Waals surface area contributed by atoms with Gasteiger partial charge >= 0.3 is 0 Å². The summed E-state index contributed by atoms with van der Waals surface area (Å²) in [5, 5.41) is 6.04. The monoisotopic (exact) mass is 218 g/mol. The van der Waals surface area contributed by atoms with E-state index in [1.165, 1.54) is 18.4 Å². The molecule has 0 aliphatic heterocycles. The minimum atomic E-state index is 0.143. The molecule has 0 bridgehead atoms. The van der Waals surface area contributed by atoms with Crippen molar-refractivity contribution in [2.75, 3.05) is 12.4 Å². The third-order valence-electron chi connectivity index (χ3n) is 2.76.